The van der Waals surface area contributed by atoms with Gasteiger partial charge in [0.15, 0.2) is 0 Å². The van der Waals surface area contributed by atoms with Crippen LogP contribution in [0.2, 0.25) is 0 Å². The fourth-order valence-corrected chi connectivity index (χ4v) is 1.27. The molecule has 1 rings (SSSR count). The minimum Gasteiger partial charge on any atom is -0.383 e. The summed E-state index contributed by atoms with van der Waals surface area (Å²) in [5, 5.41) is 0. The molecule has 0 bridgehead atoms. The number of methoxy groups -OCH3 is 1. The van der Waals surface area contributed by atoms with Gasteiger partial charge in [-0.3, -0.25) is 0 Å². The molecular formula is C11H17NO. The first-order chi connectivity index (χ1) is 6.15. The van der Waals surface area contributed by atoms with Crippen molar-refractivity contribution < 1.29 is 4.74 Å². The molecule has 0 fully saturated rings. The van der Waals surface area contributed by atoms with E-state index in [2.05, 4.69) is 32.0 Å². The molecule has 0 amide bonds. The van der Waals surface area contributed by atoms with E-state index >= 15 is 0 Å². The predicted octanol–water partition coefficient (Wildman–Crippen LogP) is 1.95. The van der Waals surface area contributed by atoms with Crippen LogP contribution in [0.25, 0.3) is 0 Å². The van der Waals surface area contributed by atoms with Crippen molar-refractivity contribution in [3.8, 4) is 0 Å². The highest BCUT2D eigenvalue weighted by molar-refractivity contribution is 5.31. The van der Waals surface area contributed by atoms with Crippen molar-refractivity contribution >= 4 is 0 Å². The summed E-state index contributed by atoms with van der Waals surface area (Å²) in [5.41, 5.74) is 9.62. The van der Waals surface area contributed by atoms with Gasteiger partial charge >= 0.3 is 0 Å². The molecule has 1 atom stereocenters. The summed E-state index contributed by atoms with van der Waals surface area (Å²) >= 11 is 0. The summed E-state index contributed by atoms with van der Waals surface area (Å²) < 4.78 is 5.00. The van der Waals surface area contributed by atoms with E-state index in [1.807, 2.05) is 0 Å². The lowest BCUT2D eigenvalue weighted by molar-refractivity contribution is 0.181. The minimum atomic E-state index is -0.00991. The third-order valence-electron chi connectivity index (χ3n) is 2.31. The lowest BCUT2D eigenvalue weighted by atomic mass is 10.0. The molecule has 0 heterocycles. The van der Waals surface area contributed by atoms with Crippen molar-refractivity contribution in [2.24, 2.45) is 5.73 Å². The molecule has 0 saturated carbocycles. The zero-order valence-electron chi connectivity index (χ0n) is 8.50. The average molecular weight is 179 g/mol. The van der Waals surface area contributed by atoms with Crippen LogP contribution in [-0.2, 0) is 4.74 Å². The predicted molar refractivity (Wildman–Crippen MR) is 54.7 cm³/mol. The smallest absolute Gasteiger partial charge is 0.0655 e. The van der Waals surface area contributed by atoms with Crippen LogP contribution in [0, 0.1) is 13.8 Å². The fraction of sp³-hybridized carbons (Fsp3) is 0.455. The molecule has 13 heavy (non-hydrogen) atoms. The second kappa shape index (κ2) is 4.40. The zero-order chi connectivity index (χ0) is 9.84. The Labute approximate surface area is 79.7 Å². The Kier molecular flexibility index (Phi) is 3.46. The molecule has 0 spiro atoms. The Hall–Kier alpha value is -0.860. The summed E-state index contributed by atoms with van der Waals surface area (Å²) in [6, 6.07) is 6.27. The van der Waals surface area contributed by atoms with Gasteiger partial charge in [0.1, 0.15) is 0 Å². The number of aryl methyl sites for hydroxylation is 2. The first-order valence-corrected chi connectivity index (χ1v) is 4.47. The van der Waals surface area contributed by atoms with Crippen LogP contribution in [0.4, 0.5) is 0 Å². The highest BCUT2D eigenvalue weighted by atomic mass is 16.5. The van der Waals surface area contributed by atoms with Gasteiger partial charge in [0.2, 0.25) is 0 Å². The number of hydrogen-bond donors (Lipinski definition) is 1. The normalized spacial score (nSPS) is 12.9. The van der Waals surface area contributed by atoms with Crippen LogP contribution >= 0.6 is 0 Å². The summed E-state index contributed by atoms with van der Waals surface area (Å²) in [6.45, 7) is 4.77. The molecule has 1 unspecified atom stereocenters. The molecule has 72 valence electrons. The van der Waals surface area contributed by atoms with Crippen molar-refractivity contribution in [2.75, 3.05) is 13.7 Å². The van der Waals surface area contributed by atoms with Gasteiger partial charge in [-0.15, -0.1) is 0 Å². The number of hydrogen-bond acceptors (Lipinski definition) is 2. The molecule has 0 aromatic heterocycles. The van der Waals surface area contributed by atoms with Crippen molar-refractivity contribution in [3.63, 3.8) is 0 Å². The van der Waals surface area contributed by atoms with Gasteiger partial charge in [0.25, 0.3) is 0 Å². The number of nitrogens with two attached hydrogens (primary N) is 1. The average Bonchev–Trinajstić information content (AvgIpc) is 2.10. The van der Waals surface area contributed by atoms with Crippen LogP contribution in [0.5, 0.6) is 0 Å². The lowest BCUT2D eigenvalue weighted by Gasteiger charge is -2.12. The Morgan fingerprint density at radius 3 is 2.54 bits per heavy atom. The number of ether oxygens (including phenoxy) is 1. The van der Waals surface area contributed by atoms with Gasteiger partial charge in [-0.1, -0.05) is 18.2 Å². The summed E-state index contributed by atoms with van der Waals surface area (Å²) in [7, 11) is 1.67. The highest BCUT2D eigenvalue weighted by Gasteiger charge is 2.05. The van der Waals surface area contributed by atoms with Crippen LogP contribution < -0.4 is 5.73 Å². The molecule has 1 aromatic rings. The van der Waals surface area contributed by atoms with E-state index in [1.165, 1.54) is 11.1 Å². The van der Waals surface area contributed by atoms with E-state index in [9.17, 15) is 0 Å². The maximum atomic E-state index is 5.90. The standard InChI is InChI=1S/C11H17NO/c1-8-4-5-10(6-9(8)2)11(12)7-13-3/h4-6,11H,7,12H2,1-3H3. The minimum absolute atomic E-state index is 0.00991. The van der Waals surface area contributed by atoms with E-state index in [-0.39, 0.29) is 6.04 Å². The monoisotopic (exact) mass is 179 g/mol. The van der Waals surface area contributed by atoms with E-state index < -0.39 is 0 Å². The third kappa shape index (κ3) is 2.54. The molecule has 1 aromatic carbocycles. The Morgan fingerprint density at radius 2 is 2.00 bits per heavy atom. The maximum absolute atomic E-state index is 5.90. The molecule has 0 radical (unpaired) electrons. The Bertz CT molecular complexity index is 283. The molecule has 2 N–H and O–H groups in total. The van der Waals surface area contributed by atoms with Gasteiger partial charge in [-0.05, 0) is 30.5 Å². The van der Waals surface area contributed by atoms with Gasteiger partial charge in [-0.25, -0.2) is 0 Å². The first-order valence-electron chi connectivity index (χ1n) is 4.47. The molecule has 2 heteroatoms. The van der Waals surface area contributed by atoms with Crippen molar-refractivity contribution in [1.29, 1.82) is 0 Å². The molecule has 2 nitrogen and oxygen atoms in total. The summed E-state index contributed by atoms with van der Waals surface area (Å²) in [4.78, 5) is 0. The molecular weight excluding hydrogens is 162 g/mol. The summed E-state index contributed by atoms with van der Waals surface area (Å²) in [6.07, 6.45) is 0. The largest absolute Gasteiger partial charge is 0.383 e. The van der Waals surface area contributed by atoms with E-state index in [4.69, 9.17) is 10.5 Å². The van der Waals surface area contributed by atoms with Gasteiger partial charge in [-0.2, -0.15) is 0 Å². The molecule has 0 aliphatic carbocycles. The third-order valence-corrected chi connectivity index (χ3v) is 2.31. The van der Waals surface area contributed by atoms with Gasteiger partial charge in [0.05, 0.1) is 12.6 Å². The van der Waals surface area contributed by atoms with Crippen LogP contribution in [0.15, 0.2) is 18.2 Å². The van der Waals surface area contributed by atoms with E-state index in [0.717, 1.165) is 5.56 Å². The Morgan fingerprint density at radius 1 is 1.31 bits per heavy atom. The SMILES string of the molecule is COCC(N)c1ccc(C)c(C)c1. The topological polar surface area (TPSA) is 35.2 Å². The molecule has 0 saturated heterocycles. The van der Waals surface area contributed by atoms with E-state index in [1.54, 1.807) is 7.11 Å². The van der Waals surface area contributed by atoms with E-state index in [0.29, 0.717) is 6.61 Å². The second-order valence-electron chi connectivity index (χ2n) is 3.41. The number of rotatable bonds is 3. The highest BCUT2D eigenvalue weighted by Crippen LogP contribution is 2.15. The second-order valence-corrected chi connectivity index (χ2v) is 3.41. The lowest BCUT2D eigenvalue weighted by Crippen LogP contribution is -2.16. The van der Waals surface area contributed by atoms with Gasteiger partial charge in [0, 0.05) is 7.11 Å². The number of benzene rings is 1. The fourth-order valence-electron chi connectivity index (χ4n) is 1.27. The quantitative estimate of drug-likeness (QED) is 0.769. The van der Waals surface area contributed by atoms with Crippen LogP contribution in [-0.4, -0.2) is 13.7 Å². The first kappa shape index (κ1) is 10.2. The Balaban J connectivity index is 2.84. The van der Waals surface area contributed by atoms with Crippen molar-refractivity contribution in [3.05, 3.63) is 34.9 Å². The van der Waals surface area contributed by atoms with Crippen molar-refractivity contribution in [2.45, 2.75) is 19.9 Å². The van der Waals surface area contributed by atoms with Crippen molar-refractivity contribution in [1.82, 2.24) is 0 Å². The zero-order valence-corrected chi connectivity index (χ0v) is 8.50. The van der Waals surface area contributed by atoms with Gasteiger partial charge < -0.3 is 10.5 Å². The van der Waals surface area contributed by atoms with Crippen LogP contribution in [0.1, 0.15) is 22.7 Å². The molecule has 0 aliphatic rings. The summed E-state index contributed by atoms with van der Waals surface area (Å²) in [5.74, 6) is 0. The molecule has 0 aliphatic heterocycles. The maximum Gasteiger partial charge on any atom is 0.0655 e. The van der Waals surface area contributed by atoms with Crippen LogP contribution in [0.3, 0.4) is 0 Å².